The van der Waals surface area contributed by atoms with Crippen LogP contribution in [0.5, 0.6) is 5.75 Å². The van der Waals surface area contributed by atoms with Crippen LogP contribution in [0.4, 0.5) is 0 Å². The number of nitrogens with one attached hydrogen (secondary N) is 1. The van der Waals surface area contributed by atoms with Crippen LogP contribution in [-0.4, -0.2) is 21.1 Å². The van der Waals surface area contributed by atoms with Gasteiger partial charge in [-0.2, -0.15) is 5.10 Å². The number of carbonyl (C=O) groups excluding carboxylic acids is 1. The van der Waals surface area contributed by atoms with Crippen molar-refractivity contribution >= 4 is 5.91 Å². The van der Waals surface area contributed by atoms with Crippen molar-refractivity contribution in [2.24, 2.45) is 5.73 Å². The maximum absolute atomic E-state index is 11.0. The Balaban J connectivity index is 1.68. The molecule has 3 aromatic rings. The van der Waals surface area contributed by atoms with Crippen LogP contribution in [0.15, 0.2) is 54.6 Å². The van der Waals surface area contributed by atoms with Crippen LogP contribution in [0, 0.1) is 0 Å². The van der Waals surface area contributed by atoms with Crippen molar-refractivity contribution in [3.8, 4) is 17.1 Å². The fourth-order valence-corrected chi connectivity index (χ4v) is 1.94. The van der Waals surface area contributed by atoms with Gasteiger partial charge in [-0.05, 0) is 29.8 Å². The number of nitrogens with zero attached hydrogens (tertiary/aromatic N) is 2. The average molecular weight is 294 g/mol. The fraction of sp³-hybridized carbons (Fsp3) is 0.0625. The molecular formula is C16H14N4O2. The summed E-state index contributed by atoms with van der Waals surface area (Å²) in [6.07, 6.45) is 0. The lowest BCUT2D eigenvalue weighted by atomic mass is 10.2. The zero-order valence-corrected chi connectivity index (χ0v) is 11.7. The number of rotatable bonds is 5. The Kier molecular flexibility index (Phi) is 3.82. The van der Waals surface area contributed by atoms with Crippen LogP contribution in [-0.2, 0) is 6.61 Å². The second-order valence-electron chi connectivity index (χ2n) is 4.67. The Bertz CT molecular complexity index is 766. The summed E-state index contributed by atoms with van der Waals surface area (Å²) in [5.74, 6) is 0.572. The van der Waals surface area contributed by atoms with Gasteiger partial charge in [-0.15, -0.1) is 0 Å². The molecule has 1 heterocycles. The van der Waals surface area contributed by atoms with E-state index in [0.29, 0.717) is 12.4 Å². The number of H-pyrrole nitrogens is 1. The molecule has 3 N–H and O–H groups in total. The molecule has 3 rings (SSSR count). The summed E-state index contributed by atoms with van der Waals surface area (Å²) in [6, 6.07) is 17.2. The third-order valence-corrected chi connectivity index (χ3v) is 3.08. The van der Waals surface area contributed by atoms with E-state index in [1.807, 2.05) is 54.6 Å². The van der Waals surface area contributed by atoms with Crippen molar-refractivity contribution < 1.29 is 9.53 Å². The highest BCUT2D eigenvalue weighted by Gasteiger charge is 2.09. The lowest BCUT2D eigenvalue weighted by molar-refractivity contribution is 0.0991. The van der Waals surface area contributed by atoms with Crippen LogP contribution >= 0.6 is 0 Å². The van der Waals surface area contributed by atoms with Crippen LogP contribution in [0.2, 0.25) is 0 Å². The Labute approximate surface area is 127 Å². The molecule has 1 amide bonds. The molecule has 0 spiro atoms. The lowest BCUT2D eigenvalue weighted by Crippen LogP contribution is -2.12. The summed E-state index contributed by atoms with van der Waals surface area (Å²) in [4.78, 5) is 15.0. The number of benzene rings is 2. The summed E-state index contributed by atoms with van der Waals surface area (Å²) in [5, 5.41) is 6.45. The van der Waals surface area contributed by atoms with Gasteiger partial charge in [0.25, 0.3) is 5.91 Å². The summed E-state index contributed by atoms with van der Waals surface area (Å²) in [5.41, 5.74) is 7.01. The Morgan fingerprint density at radius 2 is 1.82 bits per heavy atom. The van der Waals surface area contributed by atoms with Crippen LogP contribution in [0.3, 0.4) is 0 Å². The highest BCUT2D eigenvalue weighted by Crippen LogP contribution is 2.20. The van der Waals surface area contributed by atoms with Crippen molar-refractivity contribution in [1.29, 1.82) is 0 Å². The van der Waals surface area contributed by atoms with Gasteiger partial charge in [0.2, 0.25) is 5.82 Å². The van der Waals surface area contributed by atoms with E-state index in [1.165, 1.54) is 0 Å². The van der Waals surface area contributed by atoms with Gasteiger partial charge < -0.3 is 10.5 Å². The van der Waals surface area contributed by atoms with Gasteiger partial charge in [0.1, 0.15) is 12.4 Å². The molecule has 0 saturated carbocycles. The maximum atomic E-state index is 11.0. The molecule has 0 bridgehead atoms. The van der Waals surface area contributed by atoms with E-state index in [2.05, 4.69) is 15.2 Å². The Hall–Kier alpha value is -3.15. The third-order valence-electron chi connectivity index (χ3n) is 3.08. The van der Waals surface area contributed by atoms with E-state index < -0.39 is 5.91 Å². The molecule has 0 fully saturated rings. The molecule has 0 saturated heterocycles. The van der Waals surface area contributed by atoms with Gasteiger partial charge in [-0.25, -0.2) is 4.98 Å². The van der Waals surface area contributed by atoms with Crippen molar-refractivity contribution in [3.05, 3.63) is 66.0 Å². The second kappa shape index (κ2) is 6.09. The zero-order chi connectivity index (χ0) is 15.4. The number of aromatic nitrogens is 3. The van der Waals surface area contributed by atoms with Gasteiger partial charge in [0, 0.05) is 5.56 Å². The molecule has 0 atom stereocenters. The summed E-state index contributed by atoms with van der Waals surface area (Å²) < 4.78 is 5.70. The lowest BCUT2D eigenvalue weighted by Gasteiger charge is -2.06. The van der Waals surface area contributed by atoms with E-state index >= 15 is 0 Å². The zero-order valence-electron chi connectivity index (χ0n) is 11.7. The predicted octanol–water partition coefficient (Wildman–Crippen LogP) is 2.15. The fourth-order valence-electron chi connectivity index (χ4n) is 1.94. The molecule has 0 aliphatic heterocycles. The van der Waals surface area contributed by atoms with E-state index in [0.717, 1.165) is 16.9 Å². The van der Waals surface area contributed by atoms with E-state index in [-0.39, 0.29) is 5.82 Å². The molecule has 22 heavy (non-hydrogen) atoms. The number of nitrogens with two attached hydrogens (primary N) is 1. The Morgan fingerprint density at radius 1 is 1.09 bits per heavy atom. The van der Waals surface area contributed by atoms with Gasteiger partial charge in [0.05, 0.1) is 0 Å². The predicted molar refractivity (Wildman–Crippen MR) is 81.1 cm³/mol. The summed E-state index contributed by atoms with van der Waals surface area (Å²) in [6.45, 7) is 0.507. The van der Waals surface area contributed by atoms with Crippen LogP contribution < -0.4 is 10.5 Å². The van der Waals surface area contributed by atoms with E-state index in [9.17, 15) is 4.79 Å². The highest BCUT2D eigenvalue weighted by molar-refractivity contribution is 5.89. The topological polar surface area (TPSA) is 93.9 Å². The Morgan fingerprint density at radius 3 is 2.45 bits per heavy atom. The van der Waals surface area contributed by atoms with Gasteiger partial charge in [-0.1, -0.05) is 30.3 Å². The minimum absolute atomic E-state index is 0.0411. The first kappa shape index (κ1) is 13.8. The molecule has 0 unspecified atom stereocenters. The normalized spacial score (nSPS) is 10.4. The van der Waals surface area contributed by atoms with Crippen LogP contribution in [0.1, 0.15) is 16.2 Å². The van der Waals surface area contributed by atoms with Crippen molar-refractivity contribution in [3.63, 3.8) is 0 Å². The molecule has 0 aliphatic carbocycles. The SMILES string of the molecule is NC(=O)c1nc(-c2ccc(OCc3ccccc3)cc2)n[nH]1. The first-order valence-corrected chi connectivity index (χ1v) is 6.72. The average Bonchev–Trinajstić information content (AvgIpc) is 3.05. The number of amides is 1. The van der Waals surface area contributed by atoms with Crippen LogP contribution in [0.25, 0.3) is 11.4 Å². The molecule has 6 nitrogen and oxygen atoms in total. The number of hydrogen-bond donors (Lipinski definition) is 2. The largest absolute Gasteiger partial charge is 0.489 e. The van der Waals surface area contributed by atoms with Crippen molar-refractivity contribution in [1.82, 2.24) is 15.2 Å². The number of ether oxygens (including phenoxy) is 1. The minimum atomic E-state index is -0.637. The standard InChI is InChI=1S/C16H14N4O2/c17-14(21)16-18-15(19-20-16)12-6-8-13(9-7-12)22-10-11-4-2-1-3-5-11/h1-9H,10H2,(H2,17,21)(H,18,19,20). The number of carbonyl (C=O) groups is 1. The monoisotopic (exact) mass is 294 g/mol. The van der Waals surface area contributed by atoms with Gasteiger partial charge in [0.15, 0.2) is 5.82 Å². The molecule has 1 aromatic heterocycles. The maximum Gasteiger partial charge on any atom is 0.286 e. The minimum Gasteiger partial charge on any atom is -0.489 e. The molecule has 0 aliphatic rings. The molecular weight excluding hydrogens is 280 g/mol. The quantitative estimate of drug-likeness (QED) is 0.754. The highest BCUT2D eigenvalue weighted by atomic mass is 16.5. The van der Waals surface area contributed by atoms with E-state index in [4.69, 9.17) is 10.5 Å². The number of hydrogen-bond acceptors (Lipinski definition) is 4. The first-order valence-electron chi connectivity index (χ1n) is 6.72. The van der Waals surface area contributed by atoms with Gasteiger partial charge in [-0.3, -0.25) is 9.89 Å². The summed E-state index contributed by atoms with van der Waals surface area (Å²) >= 11 is 0. The molecule has 2 aromatic carbocycles. The number of primary amides is 1. The van der Waals surface area contributed by atoms with E-state index in [1.54, 1.807) is 0 Å². The molecule has 6 heteroatoms. The molecule has 0 radical (unpaired) electrons. The first-order chi connectivity index (χ1) is 10.7. The molecule has 110 valence electrons. The van der Waals surface area contributed by atoms with Crippen molar-refractivity contribution in [2.45, 2.75) is 6.61 Å². The van der Waals surface area contributed by atoms with Crippen molar-refractivity contribution in [2.75, 3.05) is 0 Å². The van der Waals surface area contributed by atoms with Gasteiger partial charge >= 0.3 is 0 Å². The summed E-state index contributed by atoms with van der Waals surface area (Å²) in [7, 11) is 0. The number of aromatic amines is 1. The third kappa shape index (κ3) is 3.12. The smallest absolute Gasteiger partial charge is 0.286 e. The second-order valence-corrected chi connectivity index (χ2v) is 4.67.